The molecule has 0 aliphatic rings. The molecule has 0 bridgehead atoms. The standard InChI is InChI=1S/C13H24Se2Si2/c1-16(2,3)12-10-14-8-7-9-15-11-13-17(4,5)6/h7-9H2,1-6H3. The molecule has 4 heteroatoms. The van der Waals surface area contributed by atoms with Crippen LogP contribution in [0.4, 0.5) is 0 Å². The first kappa shape index (κ1) is 17.6. The van der Waals surface area contributed by atoms with Crippen LogP contribution >= 0.6 is 0 Å². The van der Waals surface area contributed by atoms with Gasteiger partial charge in [0.25, 0.3) is 0 Å². The van der Waals surface area contributed by atoms with Crippen molar-refractivity contribution in [1.82, 2.24) is 0 Å². The van der Waals surface area contributed by atoms with Crippen LogP contribution in [0.5, 0.6) is 0 Å². The van der Waals surface area contributed by atoms with Gasteiger partial charge in [-0.2, -0.15) is 0 Å². The van der Waals surface area contributed by atoms with Crippen LogP contribution in [0.1, 0.15) is 6.42 Å². The molecule has 0 aliphatic carbocycles. The summed E-state index contributed by atoms with van der Waals surface area (Å²) in [7, 11) is -2.24. The van der Waals surface area contributed by atoms with E-state index in [0.29, 0.717) is 29.9 Å². The summed E-state index contributed by atoms with van der Waals surface area (Å²) in [6, 6.07) is 0. The van der Waals surface area contributed by atoms with Gasteiger partial charge in [0.15, 0.2) is 0 Å². The molecule has 0 aliphatic heterocycles. The quantitative estimate of drug-likeness (QED) is 0.390. The van der Waals surface area contributed by atoms with Crippen LogP contribution in [-0.2, 0) is 0 Å². The van der Waals surface area contributed by atoms with Gasteiger partial charge in [0.05, 0.1) is 0 Å². The van der Waals surface area contributed by atoms with Crippen molar-refractivity contribution in [2.24, 2.45) is 0 Å². The van der Waals surface area contributed by atoms with Crippen LogP contribution in [-0.4, -0.2) is 46.1 Å². The number of rotatable bonds is 4. The minimum absolute atomic E-state index is 0.558. The molecule has 0 unspecified atom stereocenters. The Morgan fingerprint density at radius 3 is 1.35 bits per heavy atom. The van der Waals surface area contributed by atoms with E-state index in [1.165, 1.54) is 17.1 Å². The van der Waals surface area contributed by atoms with E-state index in [-0.39, 0.29) is 0 Å². The molecular formula is C13H24Se2Si2. The van der Waals surface area contributed by atoms with Gasteiger partial charge in [-0.25, -0.2) is 0 Å². The zero-order valence-corrected chi connectivity index (χ0v) is 17.4. The third kappa shape index (κ3) is 16.6. The van der Waals surface area contributed by atoms with Crippen molar-refractivity contribution in [3.8, 4) is 20.7 Å². The second-order valence-electron chi connectivity index (χ2n) is 6.00. The monoisotopic (exact) mass is 396 g/mol. The number of hydrogen-bond donors (Lipinski definition) is 0. The average molecular weight is 394 g/mol. The van der Waals surface area contributed by atoms with Crippen molar-refractivity contribution in [3.63, 3.8) is 0 Å². The molecule has 0 saturated heterocycles. The number of hydrogen-bond acceptors (Lipinski definition) is 0. The topological polar surface area (TPSA) is 0 Å². The van der Waals surface area contributed by atoms with E-state index in [2.05, 4.69) is 60.0 Å². The van der Waals surface area contributed by atoms with Gasteiger partial charge >= 0.3 is 123 Å². The van der Waals surface area contributed by atoms with Gasteiger partial charge in [-0.1, -0.05) is 0 Å². The Bertz CT molecular complexity index is 295. The minimum atomic E-state index is -1.12. The third-order valence-corrected chi connectivity index (χ3v) is 7.15. The molecule has 0 amide bonds. The molecule has 0 rings (SSSR count). The van der Waals surface area contributed by atoms with Crippen LogP contribution < -0.4 is 0 Å². The second kappa shape index (κ2) is 8.65. The van der Waals surface area contributed by atoms with Crippen LogP contribution in [0.25, 0.3) is 0 Å². The summed E-state index contributed by atoms with van der Waals surface area (Å²) in [5.41, 5.74) is 6.89. The molecule has 0 nitrogen and oxygen atoms in total. The van der Waals surface area contributed by atoms with Crippen molar-refractivity contribution in [1.29, 1.82) is 0 Å². The van der Waals surface area contributed by atoms with Crippen molar-refractivity contribution < 1.29 is 0 Å². The summed E-state index contributed by atoms with van der Waals surface area (Å²) in [5.74, 6) is 0. The Labute approximate surface area is 122 Å². The summed E-state index contributed by atoms with van der Waals surface area (Å²) in [6.45, 7) is 13.9. The second-order valence-corrected chi connectivity index (χ2v) is 19.3. The first-order valence-electron chi connectivity index (χ1n) is 5.99. The van der Waals surface area contributed by atoms with E-state index < -0.39 is 16.1 Å². The van der Waals surface area contributed by atoms with Gasteiger partial charge < -0.3 is 0 Å². The average Bonchev–Trinajstić information content (AvgIpc) is 2.11. The molecule has 0 N–H and O–H groups in total. The maximum atomic E-state index is 3.44. The summed E-state index contributed by atoms with van der Waals surface area (Å²) in [5, 5.41) is 2.64. The molecule has 0 saturated carbocycles. The van der Waals surface area contributed by atoms with E-state index in [1.54, 1.807) is 0 Å². The fourth-order valence-electron chi connectivity index (χ4n) is 0.684. The van der Waals surface area contributed by atoms with Crippen molar-refractivity contribution in [3.05, 3.63) is 0 Å². The van der Waals surface area contributed by atoms with Gasteiger partial charge in [-0.15, -0.1) is 0 Å². The first-order valence-corrected chi connectivity index (χ1v) is 17.1. The van der Waals surface area contributed by atoms with E-state index in [9.17, 15) is 0 Å². The molecular weight excluding hydrogens is 370 g/mol. The molecule has 96 valence electrons. The van der Waals surface area contributed by atoms with Gasteiger partial charge in [0.1, 0.15) is 0 Å². The Balaban J connectivity index is 3.53. The van der Waals surface area contributed by atoms with Gasteiger partial charge in [-0.05, 0) is 0 Å². The predicted molar refractivity (Wildman–Crippen MR) is 88.0 cm³/mol. The maximum absolute atomic E-state index is 3.44. The van der Waals surface area contributed by atoms with Crippen molar-refractivity contribution in [2.75, 3.05) is 0 Å². The normalized spacial score (nSPS) is 11.2. The van der Waals surface area contributed by atoms with E-state index in [1.807, 2.05) is 0 Å². The zero-order valence-electron chi connectivity index (χ0n) is 11.9. The molecule has 0 aromatic carbocycles. The summed E-state index contributed by atoms with van der Waals surface area (Å²) in [4.78, 5) is 6.78. The van der Waals surface area contributed by atoms with Crippen LogP contribution in [0.2, 0.25) is 49.9 Å². The molecule has 0 spiro atoms. The molecule has 0 radical (unpaired) electrons. The predicted octanol–water partition coefficient (Wildman–Crippen LogP) is 3.30. The van der Waals surface area contributed by atoms with Crippen LogP contribution in [0, 0.1) is 20.7 Å². The van der Waals surface area contributed by atoms with Crippen molar-refractivity contribution in [2.45, 2.75) is 56.3 Å². The zero-order chi connectivity index (χ0) is 13.4. The molecule has 17 heavy (non-hydrogen) atoms. The van der Waals surface area contributed by atoms with Crippen LogP contribution in [0.3, 0.4) is 0 Å². The van der Waals surface area contributed by atoms with Gasteiger partial charge in [0, 0.05) is 0 Å². The Morgan fingerprint density at radius 2 is 1.06 bits per heavy atom. The van der Waals surface area contributed by atoms with E-state index in [0.717, 1.165) is 0 Å². The summed E-state index contributed by atoms with van der Waals surface area (Å²) >= 11 is 1.12. The van der Waals surface area contributed by atoms with Gasteiger partial charge in [-0.3, -0.25) is 0 Å². The fraction of sp³-hybridized carbons (Fsp3) is 0.692. The molecule has 0 atom stereocenters. The van der Waals surface area contributed by atoms with E-state index >= 15 is 0 Å². The van der Waals surface area contributed by atoms with E-state index in [4.69, 9.17) is 0 Å². The van der Waals surface area contributed by atoms with Crippen LogP contribution in [0.15, 0.2) is 0 Å². The summed E-state index contributed by atoms with van der Waals surface area (Å²) in [6.07, 6.45) is 1.33. The van der Waals surface area contributed by atoms with Crippen molar-refractivity contribution >= 4 is 46.1 Å². The van der Waals surface area contributed by atoms with Gasteiger partial charge in [0.2, 0.25) is 0 Å². The third-order valence-electron chi connectivity index (χ3n) is 1.49. The first-order chi connectivity index (χ1) is 7.71. The molecule has 0 heterocycles. The fourth-order valence-corrected chi connectivity index (χ4v) is 8.77. The summed E-state index contributed by atoms with van der Waals surface area (Å²) < 4.78 is 0. The molecule has 0 aromatic heterocycles. The Hall–Kier alpha value is 0.593. The molecule has 0 fully saturated rings. The Kier molecular flexibility index (Phi) is 8.95. The Morgan fingerprint density at radius 1 is 0.706 bits per heavy atom. The SMILES string of the molecule is C[Si](C)(C)C#C[Se]CCC[Se]C#C[Si](C)(C)C. The molecule has 0 aromatic rings.